The van der Waals surface area contributed by atoms with E-state index in [4.69, 9.17) is 0 Å². The fourth-order valence-electron chi connectivity index (χ4n) is 4.98. The Morgan fingerprint density at radius 1 is 0.969 bits per heavy atom. The van der Waals surface area contributed by atoms with Crippen molar-refractivity contribution in [3.05, 3.63) is 65.7 Å². The highest BCUT2D eigenvalue weighted by Gasteiger charge is 2.24. The number of carbonyl (C=O) groups excluding carboxylic acids is 1. The van der Waals surface area contributed by atoms with E-state index in [0.29, 0.717) is 12.6 Å². The number of piperidine rings is 2. The van der Waals surface area contributed by atoms with Gasteiger partial charge in [-0.3, -0.25) is 4.79 Å². The summed E-state index contributed by atoms with van der Waals surface area (Å²) in [6, 6.07) is 19.4. The van der Waals surface area contributed by atoms with Crippen molar-refractivity contribution in [2.24, 2.45) is 5.92 Å². The van der Waals surface area contributed by atoms with Crippen LogP contribution < -0.4 is 10.2 Å². The monoisotopic (exact) mass is 435 g/mol. The molecule has 4 rings (SSSR count). The second-order valence-corrected chi connectivity index (χ2v) is 9.29. The summed E-state index contributed by atoms with van der Waals surface area (Å²) in [6.45, 7) is 4.80. The third kappa shape index (κ3) is 6.11. The fraction of sp³-hybridized carbons (Fsp3) is 0.519. The summed E-state index contributed by atoms with van der Waals surface area (Å²) in [5, 5.41) is 13.2. The highest BCUT2D eigenvalue weighted by atomic mass is 16.3. The molecule has 0 spiro atoms. The van der Waals surface area contributed by atoms with Crippen LogP contribution in [0, 0.1) is 5.92 Å². The predicted molar refractivity (Wildman–Crippen MR) is 130 cm³/mol. The van der Waals surface area contributed by atoms with Gasteiger partial charge in [-0.1, -0.05) is 30.3 Å². The van der Waals surface area contributed by atoms with Crippen molar-refractivity contribution in [3.63, 3.8) is 0 Å². The Balaban J connectivity index is 1.19. The van der Waals surface area contributed by atoms with E-state index >= 15 is 0 Å². The van der Waals surface area contributed by atoms with E-state index in [2.05, 4.69) is 52.7 Å². The molecule has 5 heteroatoms. The lowest BCUT2D eigenvalue weighted by Crippen LogP contribution is -2.43. The molecular weight excluding hydrogens is 398 g/mol. The van der Waals surface area contributed by atoms with Gasteiger partial charge in [0.15, 0.2) is 0 Å². The van der Waals surface area contributed by atoms with E-state index in [-0.39, 0.29) is 18.4 Å². The molecule has 32 heavy (non-hydrogen) atoms. The number of likely N-dealkylation sites (tertiary alicyclic amines) is 1. The van der Waals surface area contributed by atoms with Gasteiger partial charge in [0.05, 0.1) is 0 Å². The Morgan fingerprint density at radius 2 is 1.72 bits per heavy atom. The van der Waals surface area contributed by atoms with Crippen LogP contribution in [0.5, 0.6) is 0 Å². The summed E-state index contributed by atoms with van der Waals surface area (Å²) in [5.74, 6) is 0.313. The highest BCUT2D eigenvalue weighted by Crippen LogP contribution is 2.23. The smallest absolute Gasteiger partial charge is 0.253 e. The molecule has 2 aliphatic heterocycles. The number of hydrogen-bond donors (Lipinski definition) is 2. The lowest BCUT2D eigenvalue weighted by atomic mass is 9.98. The van der Waals surface area contributed by atoms with Crippen LogP contribution >= 0.6 is 0 Å². The molecule has 172 valence electrons. The number of carbonyl (C=O) groups is 1. The molecule has 0 aromatic heterocycles. The molecule has 0 saturated carbocycles. The second-order valence-electron chi connectivity index (χ2n) is 9.29. The summed E-state index contributed by atoms with van der Waals surface area (Å²) >= 11 is 0. The van der Waals surface area contributed by atoms with Crippen molar-refractivity contribution < 1.29 is 9.90 Å². The van der Waals surface area contributed by atoms with Crippen molar-refractivity contribution >= 4 is 11.6 Å². The van der Waals surface area contributed by atoms with Crippen LogP contribution in [-0.2, 0) is 6.42 Å². The minimum Gasteiger partial charge on any atom is -0.396 e. The van der Waals surface area contributed by atoms with Gasteiger partial charge in [0, 0.05) is 50.1 Å². The molecule has 2 N–H and O–H groups in total. The molecule has 0 radical (unpaired) electrons. The molecule has 0 bridgehead atoms. The van der Waals surface area contributed by atoms with E-state index < -0.39 is 0 Å². The van der Waals surface area contributed by atoms with Gasteiger partial charge in [0.25, 0.3) is 5.91 Å². The largest absolute Gasteiger partial charge is 0.396 e. The average molecular weight is 436 g/mol. The maximum Gasteiger partial charge on any atom is 0.253 e. The van der Waals surface area contributed by atoms with E-state index in [1.165, 1.54) is 17.7 Å². The normalized spacial score (nSPS) is 19.8. The van der Waals surface area contributed by atoms with Gasteiger partial charge in [0.2, 0.25) is 0 Å². The van der Waals surface area contributed by atoms with Crippen LogP contribution in [0.25, 0.3) is 0 Å². The van der Waals surface area contributed by atoms with Crippen molar-refractivity contribution in [1.82, 2.24) is 10.2 Å². The van der Waals surface area contributed by atoms with Gasteiger partial charge in [-0.2, -0.15) is 0 Å². The van der Waals surface area contributed by atoms with Gasteiger partial charge < -0.3 is 20.2 Å². The first-order chi connectivity index (χ1) is 15.7. The van der Waals surface area contributed by atoms with E-state index in [1.807, 2.05) is 17.0 Å². The molecule has 0 aliphatic carbocycles. The Morgan fingerprint density at radius 3 is 2.44 bits per heavy atom. The number of nitrogens with one attached hydrogen (secondary N) is 1. The Labute approximate surface area is 192 Å². The topological polar surface area (TPSA) is 55.8 Å². The van der Waals surface area contributed by atoms with Gasteiger partial charge >= 0.3 is 0 Å². The summed E-state index contributed by atoms with van der Waals surface area (Å²) in [7, 11) is 0. The molecule has 1 atom stereocenters. The van der Waals surface area contributed by atoms with Crippen molar-refractivity contribution in [2.75, 3.05) is 44.2 Å². The molecule has 1 unspecified atom stereocenters. The number of rotatable bonds is 8. The molecule has 2 saturated heterocycles. The average Bonchev–Trinajstić information content (AvgIpc) is 2.87. The molecule has 2 aliphatic rings. The quantitative estimate of drug-likeness (QED) is 0.621. The number of amides is 1. The summed E-state index contributed by atoms with van der Waals surface area (Å²) < 4.78 is 0. The highest BCUT2D eigenvalue weighted by molar-refractivity contribution is 5.94. The summed E-state index contributed by atoms with van der Waals surface area (Å²) in [4.78, 5) is 17.2. The Hall–Kier alpha value is -2.37. The maximum atomic E-state index is 12.8. The second kappa shape index (κ2) is 11.5. The Kier molecular flexibility index (Phi) is 8.18. The predicted octanol–water partition coefficient (Wildman–Crippen LogP) is 3.72. The first-order valence-corrected chi connectivity index (χ1v) is 12.3. The molecule has 2 aromatic carbocycles. The number of anilines is 1. The number of aliphatic hydroxyl groups is 1. The number of aliphatic hydroxyl groups excluding tert-OH is 1. The molecule has 2 heterocycles. The Bertz CT molecular complexity index is 832. The van der Waals surface area contributed by atoms with Crippen LogP contribution in [0.3, 0.4) is 0 Å². The van der Waals surface area contributed by atoms with Crippen LogP contribution in [0.4, 0.5) is 5.69 Å². The molecule has 1 amide bonds. The van der Waals surface area contributed by atoms with Crippen LogP contribution in [0.1, 0.15) is 48.0 Å². The number of benzene rings is 2. The number of aryl methyl sites for hydroxylation is 1. The number of hydrogen-bond acceptors (Lipinski definition) is 4. The standard InChI is InChI=1S/C27H37N3O2/c31-21-23-9-5-17-30(20-23)27(32)24-10-12-26(13-11-24)29-18-14-25(15-19-29)28-16-4-8-22-6-2-1-3-7-22/h1-3,6-7,10-13,23,25,28,31H,4-5,8-9,14-21H2. The molecule has 2 aromatic rings. The first-order valence-electron chi connectivity index (χ1n) is 12.3. The zero-order valence-corrected chi connectivity index (χ0v) is 19.1. The van der Waals surface area contributed by atoms with Crippen LogP contribution in [0.15, 0.2) is 54.6 Å². The fourth-order valence-corrected chi connectivity index (χ4v) is 4.98. The lowest BCUT2D eigenvalue weighted by Gasteiger charge is -2.34. The third-order valence-corrected chi connectivity index (χ3v) is 6.96. The van der Waals surface area contributed by atoms with E-state index in [9.17, 15) is 9.90 Å². The van der Waals surface area contributed by atoms with Gasteiger partial charge in [-0.05, 0) is 80.8 Å². The van der Waals surface area contributed by atoms with E-state index in [1.54, 1.807) is 0 Å². The van der Waals surface area contributed by atoms with Gasteiger partial charge in [-0.15, -0.1) is 0 Å². The van der Waals surface area contributed by atoms with Crippen molar-refractivity contribution in [3.8, 4) is 0 Å². The van der Waals surface area contributed by atoms with Crippen molar-refractivity contribution in [1.29, 1.82) is 0 Å². The van der Waals surface area contributed by atoms with Crippen molar-refractivity contribution in [2.45, 2.75) is 44.6 Å². The summed E-state index contributed by atoms with van der Waals surface area (Å²) in [5.41, 5.74) is 3.37. The van der Waals surface area contributed by atoms with Gasteiger partial charge in [-0.25, -0.2) is 0 Å². The zero-order chi connectivity index (χ0) is 22.2. The minimum absolute atomic E-state index is 0.0908. The zero-order valence-electron chi connectivity index (χ0n) is 19.1. The third-order valence-electron chi connectivity index (χ3n) is 6.96. The maximum absolute atomic E-state index is 12.8. The molecule has 2 fully saturated rings. The van der Waals surface area contributed by atoms with E-state index in [0.717, 1.165) is 63.8 Å². The SMILES string of the molecule is O=C(c1ccc(N2CCC(NCCCc3ccccc3)CC2)cc1)N1CCCC(CO)C1. The van der Waals surface area contributed by atoms with Crippen LogP contribution in [0.2, 0.25) is 0 Å². The first kappa shape index (κ1) is 22.8. The molecule has 5 nitrogen and oxygen atoms in total. The summed E-state index contributed by atoms with van der Waals surface area (Å²) in [6.07, 6.45) is 6.61. The lowest BCUT2D eigenvalue weighted by molar-refractivity contribution is 0.0620. The number of nitrogens with zero attached hydrogens (tertiary/aromatic N) is 2. The minimum atomic E-state index is 0.0908. The van der Waals surface area contributed by atoms with Crippen LogP contribution in [-0.4, -0.2) is 61.3 Å². The van der Waals surface area contributed by atoms with Gasteiger partial charge in [0.1, 0.15) is 0 Å². The molecular formula is C27H37N3O2.